The molecule has 25 heavy (non-hydrogen) atoms. The number of aryl methyl sites for hydroxylation is 1. The van der Waals surface area contributed by atoms with Gasteiger partial charge in [-0.2, -0.15) is 0 Å². The molecule has 5 nitrogen and oxygen atoms in total. The second-order valence-corrected chi connectivity index (χ2v) is 5.70. The molecule has 0 fully saturated rings. The summed E-state index contributed by atoms with van der Waals surface area (Å²) in [5, 5.41) is 0.847. The number of anilines is 1. The highest BCUT2D eigenvalue weighted by atomic mass is 19.1. The van der Waals surface area contributed by atoms with Crippen molar-refractivity contribution in [2.24, 2.45) is 5.73 Å². The Kier molecular flexibility index (Phi) is 4.52. The summed E-state index contributed by atoms with van der Waals surface area (Å²) in [6.07, 6.45) is -0.0115. The maximum atomic E-state index is 13.2. The van der Waals surface area contributed by atoms with E-state index in [0.717, 1.165) is 5.39 Å². The first-order chi connectivity index (χ1) is 12.0. The van der Waals surface area contributed by atoms with Gasteiger partial charge in [-0.1, -0.05) is 18.2 Å². The molecule has 0 radical (unpaired) electrons. The molecule has 128 valence electrons. The van der Waals surface area contributed by atoms with Crippen LogP contribution in [0.4, 0.5) is 10.1 Å². The number of fused-ring (bicyclic) bond motifs is 1. The van der Waals surface area contributed by atoms with E-state index in [1.54, 1.807) is 13.0 Å². The van der Waals surface area contributed by atoms with Gasteiger partial charge in [0.1, 0.15) is 11.4 Å². The highest BCUT2D eigenvalue weighted by Gasteiger charge is 2.24. The number of carbonyl (C=O) groups excluding carboxylic acids is 2. The highest BCUT2D eigenvalue weighted by molar-refractivity contribution is 6.08. The monoisotopic (exact) mass is 340 g/mol. The molecule has 1 heterocycles. The lowest BCUT2D eigenvalue weighted by Gasteiger charge is -2.21. The van der Waals surface area contributed by atoms with Crippen LogP contribution in [-0.2, 0) is 4.79 Å². The standard InChI is InChI=1S/C19H17FN2O3/c1-12-15-4-2-3-5-16(15)25-18(12)19(24)22(11-10-17(21)23)14-8-6-13(20)7-9-14/h2-9H,10-11H2,1H3,(H2,21,23). The zero-order valence-corrected chi connectivity index (χ0v) is 13.7. The van der Waals surface area contributed by atoms with Crippen LogP contribution in [0.1, 0.15) is 22.5 Å². The van der Waals surface area contributed by atoms with Crippen LogP contribution in [0, 0.1) is 12.7 Å². The molecule has 0 atom stereocenters. The largest absolute Gasteiger partial charge is 0.451 e. The molecule has 3 aromatic rings. The predicted molar refractivity (Wildman–Crippen MR) is 92.8 cm³/mol. The van der Waals surface area contributed by atoms with Crippen LogP contribution in [0.3, 0.4) is 0 Å². The average Bonchev–Trinajstić information content (AvgIpc) is 2.93. The van der Waals surface area contributed by atoms with Gasteiger partial charge in [0.25, 0.3) is 5.91 Å². The van der Waals surface area contributed by atoms with Crippen molar-refractivity contribution in [2.45, 2.75) is 13.3 Å². The maximum absolute atomic E-state index is 13.2. The molecule has 0 saturated heterocycles. The number of amides is 2. The molecule has 3 rings (SSSR count). The fourth-order valence-electron chi connectivity index (χ4n) is 2.69. The van der Waals surface area contributed by atoms with Crippen molar-refractivity contribution in [1.82, 2.24) is 0 Å². The van der Waals surface area contributed by atoms with E-state index in [4.69, 9.17) is 10.2 Å². The summed E-state index contributed by atoms with van der Waals surface area (Å²) in [7, 11) is 0. The van der Waals surface area contributed by atoms with E-state index >= 15 is 0 Å². The number of para-hydroxylation sites is 1. The van der Waals surface area contributed by atoms with Gasteiger partial charge in [-0.05, 0) is 37.3 Å². The Morgan fingerprint density at radius 2 is 1.80 bits per heavy atom. The van der Waals surface area contributed by atoms with E-state index in [-0.39, 0.29) is 18.7 Å². The summed E-state index contributed by atoms with van der Waals surface area (Å²) in [5.41, 5.74) is 7.00. The molecule has 0 aliphatic rings. The number of nitrogens with zero attached hydrogens (tertiary/aromatic N) is 1. The minimum absolute atomic E-state index is 0.0115. The Morgan fingerprint density at radius 1 is 1.12 bits per heavy atom. The van der Waals surface area contributed by atoms with Gasteiger partial charge in [0.2, 0.25) is 5.91 Å². The van der Waals surface area contributed by atoms with Crippen molar-refractivity contribution in [3.8, 4) is 0 Å². The van der Waals surface area contributed by atoms with E-state index in [1.165, 1.54) is 29.2 Å². The summed E-state index contributed by atoms with van der Waals surface area (Å²) < 4.78 is 18.9. The van der Waals surface area contributed by atoms with E-state index in [1.807, 2.05) is 18.2 Å². The van der Waals surface area contributed by atoms with Crippen LogP contribution in [0.15, 0.2) is 52.9 Å². The number of halogens is 1. The van der Waals surface area contributed by atoms with Crippen molar-refractivity contribution < 1.29 is 18.4 Å². The van der Waals surface area contributed by atoms with E-state index in [9.17, 15) is 14.0 Å². The second-order valence-electron chi connectivity index (χ2n) is 5.70. The Balaban J connectivity index is 2.01. The number of primary amides is 1. The van der Waals surface area contributed by atoms with Gasteiger partial charge in [0.05, 0.1) is 0 Å². The van der Waals surface area contributed by atoms with Crippen LogP contribution < -0.4 is 10.6 Å². The molecule has 2 amide bonds. The molecule has 0 aliphatic carbocycles. The summed E-state index contributed by atoms with van der Waals surface area (Å²) in [6, 6.07) is 12.8. The first-order valence-corrected chi connectivity index (χ1v) is 7.81. The second kappa shape index (κ2) is 6.76. The molecule has 6 heteroatoms. The van der Waals surface area contributed by atoms with Crippen LogP contribution in [0.25, 0.3) is 11.0 Å². The van der Waals surface area contributed by atoms with Gasteiger partial charge < -0.3 is 15.1 Å². The van der Waals surface area contributed by atoms with Crippen molar-refractivity contribution in [2.75, 3.05) is 11.4 Å². The van der Waals surface area contributed by atoms with Crippen LogP contribution >= 0.6 is 0 Å². The zero-order chi connectivity index (χ0) is 18.0. The third-order valence-electron chi connectivity index (χ3n) is 4.00. The van der Waals surface area contributed by atoms with Gasteiger partial charge in [-0.15, -0.1) is 0 Å². The number of hydrogen-bond acceptors (Lipinski definition) is 3. The van der Waals surface area contributed by atoms with Crippen LogP contribution in [-0.4, -0.2) is 18.4 Å². The van der Waals surface area contributed by atoms with Gasteiger partial charge >= 0.3 is 0 Å². The summed E-state index contributed by atoms with van der Waals surface area (Å²) >= 11 is 0. The minimum Gasteiger partial charge on any atom is -0.451 e. The van der Waals surface area contributed by atoms with E-state index < -0.39 is 17.6 Å². The maximum Gasteiger partial charge on any atom is 0.294 e. The smallest absolute Gasteiger partial charge is 0.294 e. The highest BCUT2D eigenvalue weighted by Crippen LogP contribution is 2.27. The lowest BCUT2D eigenvalue weighted by atomic mass is 10.1. The Bertz CT molecular complexity index is 931. The van der Waals surface area contributed by atoms with Crippen molar-refractivity contribution >= 4 is 28.5 Å². The molecule has 0 aliphatic heterocycles. The Labute approximate surface area is 143 Å². The van der Waals surface area contributed by atoms with Gasteiger partial charge in [0, 0.05) is 29.6 Å². The third-order valence-corrected chi connectivity index (χ3v) is 4.00. The molecule has 0 saturated carbocycles. The fraction of sp³-hybridized carbons (Fsp3) is 0.158. The number of nitrogens with two attached hydrogens (primary N) is 1. The summed E-state index contributed by atoms with van der Waals surface area (Å²) in [5.74, 6) is -1.15. The molecule has 0 unspecified atom stereocenters. The fourth-order valence-corrected chi connectivity index (χ4v) is 2.69. The van der Waals surface area contributed by atoms with E-state index in [2.05, 4.69) is 0 Å². The van der Waals surface area contributed by atoms with E-state index in [0.29, 0.717) is 16.8 Å². The molecule has 0 bridgehead atoms. The Hall–Kier alpha value is -3.15. The van der Waals surface area contributed by atoms with Gasteiger partial charge in [0.15, 0.2) is 5.76 Å². The number of benzene rings is 2. The molecule has 0 spiro atoms. The SMILES string of the molecule is Cc1c(C(=O)N(CCC(N)=O)c2ccc(F)cc2)oc2ccccc12. The lowest BCUT2D eigenvalue weighted by molar-refractivity contribution is -0.117. The van der Waals surface area contributed by atoms with Crippen molar-refractivity contribution in [3.05, 3.63) is 65.7 Å². The quantitative estimate of drug-likeness (QED) is 0.773. The van der Waals surface area contributed by atoms with Crippen LogP contribution in [0.2, 0.25) is 0 Å². The molecule has 2 aromatic carbocycles. The molecule has 2 N–H and O–H groups in total. The molecular weight excluding hydrogens is 323 g/mol. The van der Waals surface area contributed by atoms with Crippen LogP contribution in [0.5, 0.6) is 0 Å². The molecular formula is C19H17FN2O3. The molecule has 1 aromatic heterocycles. The number of rotatable bonds is 5. The zero-order valence-electron chi connectivity index (χ0n) is 13.7. The van der Waals surface area contributed by atoms with Crippen molar-refractivity contribution in [1.29, 1.82) is 0 Å². The lowest BCUT2D eigenvalue weighted by Crippen LogP contribution is -2.34. The number of hydrogen-bond donors (Lipinski definition) is 1. The first-order valence-electron chi connectivity index (χ1n) is 7.81. The number of furan rings is 1. The summed E-state index contributed by atoms with van der Waals surface area (Å²) in [4.78, 5) is 25.5. The number of carbonyl (C=O) groups is 2. The predicted octanol–water partition coefficient (Wildman–Crippen LogP) is 3.40. The van der Waals surface area contributed by atoms with Crippen molar-refractivity contribution in [3.63, 3.8) is 0 Å². The minimum atomic E-state index is -0.527. The van der Waals surface area contributed by atoms with Gasteiger partial charge in [-0.3, -0.25) is 9.59 Å². The summed E-state index contributed by atoms with van der Waals surface area (Å²) in [6.45, 7) is 1.88. The Morgan fingerprint density at radius 3 is 2.44 bits per heavy atom. The first kappa shape index (κ1) is 16.7. The van der Waals surface area contributed by atoms with Gasteiger partial charge in [-0.25, -0.2) is 4.39 Å². The average molecular weight is 340 g/mol. The topological polar surface area (TPSA) is 76.5 Å². The third kappa shape index (κ3) is 3.38. The normalized spacial score (nSPS) is 10.8.